The average Bonchev–Trinajstić information content (AvgIpc) is 2.89. The van der Waals surface area contributed by atoms with E-state index < -0.39 is 0 Å². The predicted molar refractivity (Wildman–Crippen MR) is 84.6 cm³/mol. The molecule has 0 saturated carbocycles. The van der Waals surface area contributed by atoms with Gasteiger partial charge < -0.3 is 15.0 Å². The van der Waals surface area contributed by atoms with Crippen molar-refractivity contribution in [1.82, 2.24) is 19.7 Å². The Morgan fingerprint density at radius 2 is 2.17 bits per heavy atom. The van der Waals surface area contributed by atoms with Gasteiger partial charge in [-0.05, 0) is 12.1 Å². The van der Waals surface area contributed by atoms with Gasteiger partial charge in [0.05, 0.1) is 25.5 Å². The van der Waals surface area contributed by atoms with Crippen molar-refractivity contribution in [3.8, 4) is 5.88 Å². The van der Waals surface area contributed by atoms with Gasteiger partial charge in [-0.25, -0.2) is 4.98 Å². The van der Waals surface area contributed by atoms with Gasteiger partial charge in [0.1, 0.15) is 10.7 Å². The maximum absolute atomic E-state index is 12.4. The van der Waals surface area contributed by atoms with E-state index in [1.807, 2.05) is 0 Å². The van der Waals surface area contributed by atoms with Crippen molar-refractivity contribution in [2.24, 2.45) is 7.05 Å². The molecule has 0 fully saturated rings. The fourth-order valence-corrected chi connectivity index (χ4v) is 2.02. The monoisotopic (exact) mass is 337 g/mol. The summed E-state index contributed by atoms with van der Waals surface area (Å²) in [6.45, 7) is -0.125. The van der Waals surface area contributed by atoms with E-state index in [-0.39, 0.29) is 24.2 Å². The number of ether oxygens (including phenoxy) is 1. The van der Waals surface area contributed by atoms with Gasteiger partial charge in [-0.1, -0.05) is 11.6 Å². The number of halogens is 1. The summed E-state index contributed by atoms with van der Waals surface area (Å²) in [5, 5.41) is 6.98. The van der Waals surface area contributed by atoms with Crippen LogP contribution in [0.15, 0.2) is 24.5 Å². The Bertz CT molecular complexity index is 714. The van der Waals surface area contributed by atoms with Crippen molar-refractivity contribution >= 4 is 29.1 Å². The maximum Gasteiger partial charge on any atom is 0.261 e. The molecule has 0 radical (unpaired) electrons. The quantitative estimate of drug-likeness (QED) is 0.828. The molecule has 0 aliphatic heterocycles. The molecule has 2 aromatic heterocycles. The third-order valence-corrected chi connectivity index (χ3v) is 3.18. The van der Waals surface area contributed by atoms with Crippen LogP contribution >= 0.6 is 11.6 Å². The first kappa shape index (κ1) is 16.8. The third-order valence-electron chi connectivity index (χ3n) is 2.96. The molecule has 0 aliphatic carbocycles. The number of rotatable bonds is 5. The highest BCUT2D eigenvalue weighted by molar-refractivity contribution is 6.29. The maximum atomic E-state index is 12.4. The first-order valence-electron chi connectivity index (χ1n) is 6.65. The standard InChI is InChI=1S/C14H16ClN5O3/c1-19(14(22)10-7-20(2)18-13(10)23-3)8-12(21)17-9-4-5-11(15)16-6-9/h4-7H,8H2,1-3H3,(H,17,21). The Hall–Kier alpha value is -2.61. The molecule has 2 amide bonds. The molecule has 0 saturated heterocycles. The minimum atomic E-state index is -0.362. The van der Waals surface area contributed by atoms with Crippen LogP contribution in [0.25, 0.3) is 0 Å². The number of nitrogens with zero attached hydrogens (tertiary/aromatic N) is 4. The van der Waals surface area contributed by atoms with Crippen LogP contribution in [0.1, 0.15) is 10.4 Å². The van der Waals surface area contributed by atoms with Crippen LogP contribution in [0.5, 0.6) is 5.88 Å². The van der Waals surface area contributed by atoms with Crippen LogP contribution in [0.4, 0.5) is 5.69 Å². The van der Waals surface area contributed by atoms with Crippen molar-refractivity contribution in [2.45, 2.75) is 0 Å². The molecule has 0 spiro atoms. The zero-order valence-corrected chi connectivity index (χ0v) is 13.7. The topological polar surface area (TPSA) is 89.4 Å². The number of carbonyl (C=O) groups is 2. The van der Waals surface area contributed by atoms with Gasteiger partial charge in [-0.3, -0.25) is 14.3 Å². The molecule has 8 nitrogen and oxygen atoms in total. The van der Waals surface area contributed by atoms with Crippen LogP contribution in [-0.4, -0.2) is 52.2 Å². The molecule has 0 bridgehead atoms. The van der Waals surface area contributed by atoms with E-state index in [9.17, 15) is 9.59 Å². The highest BCUT2D eigenvalue weighted by atomic mass is 35.5. The van der Waals surface area contributed by atoms with Crippen molar-refractivity contribution in [3.05, 3.63) is 35.2 Å². The molecule has 2 aromatic rings. The number of methoxy groups -OCH3 is 1. The average molecular weight is 338 g/mol. The fourth-order valence-electron chi connectivity index (χ4n) is 1.91. The lowest BCUT2D eigenvalue weighted by molar-refractivity contribution is -0.116. The zero-order chi connectivity index (χ0) is 17.0. The molecule has 0 aliphatic rings. The number of likely N-dealkylation sites (N-methyl/N-ethyl adjacent to an activating group) is 1. The van der Waals surface area contributed by atoms with Crippen LogP contribution in [0.3, 0.4) is 0 Å². The normalized spacial score (nSPS) is 10.3. The summed E-state index contributed by atoms with van der Waals surface area (Å²) in [5.74, 6) is -0.501. The number of hydrogen-bond donors (Lipinski definition) is 1. The first-order valence-corrected chi connectivity index (χ1v) is 7.03. The molecule has 9 heteroatoms. The largest absolute Gasteiger partial charge is 0.479 e. The van der Waals surface area contributed by atoms with Crippen molar-refractivity contribution in [3.63, 3.8) is 0 Å². The first-order chi connectivity index (χ1) is 10.9. The number of anilines is 1. The second-order valence-corrected chi connectivity index (χ2v) is 5.19. The van der Waals surface area contributed by atoms with Crippen molar-refractivity contribution in [2.75, 3.05) is 26.0 Å². The molecular weight excluding hydrogens is 322 g/mol. The lowest BCUT2D eigenvalue weighted by Gasteiger charge is -2.16. The Kier molecular flexibility index (Phi) is 5.17. The van der Waals surface area contributed by atoms with E-state index in [1.165, 1.54) is 29.9 Å². The van der Waals surface area contributed by atoms with E-state index >= 15 is 0 Å². The molecule has 2 rings (SSSR count). The Balaban J connectivity index is 2.00. The predicted octanol–water partition coefficient (Wildman–Crippen LogP) is 1.19. The molecule has 0 aromatic carbocycles. The number of pyridine rings is 1. The van der Waals surface area contributed by atoms with Gasteiger partial charge in [0.25, 0.3) is 5.91 Å². The number of amides is 2. The van der Waals surface area contributed by atoms with Gasteiger partial charge in [-0.15, -0.1) is 5.10 Å². The summed E-state index contributed by atoms with van der Waals surface area (Å²) in [7, 11) is 4.63. The van der Waals surface area contributed by atoms with Crippen molar-refractivity contribution < 1.29 is 14.3 Å². The molecule has 122 valence electrons. The highest BCUT2D eigenvalue weighted by Gasteiger charge is 2.21. The lowest BCUT2D eigenvalue weighted by atomic mass is 10.3. The van der Waals surface area contributed by atoms with Crippen molar-refractivity contribution in [1.29, 1.82) is 0 Å². The van der Waals surface area contributed by atoms with Crippen LogP contribution in [-0.2, 0) is 11.8 Å². The molecule has 0 atom stereocenters. The van der Waals surface area contributed by atoms with Crippen LogP contribution in [0.2, 0.25) is 5.15 Å². The summed E-state index contributed by atoms with van der Waals surface area (Å²) in [5.41, 5.74) is 0.790. The summed E-state index contributed by atoms with van der Waals surface area (Å²) >= 11 is 5.68. The summed E-state index contributed by atoms with van der Waals surface area (Å²) in [6, 6.07) is 3.19. The van der Waals surface area contributed by atoms with E-state index in [4.69, 9.17) is 16.3 Å². The van der Waals surface area contributed by atoms with Gasteiger partial charge >= 0.3 is 0 Å². The van der Waals surface area contributed by atoms with Crippen LogP contribution in [0, 0.1) is 0 Å². The second kappa shape index (κ2) is 7.10. The number of hydrogen-bond acceptors (Lipinski definition) is 5. The summed E-state index contributed by atoms with van der Waals surface area (Å²) < 4.78 is 6.52. The summed E-state index contributed by atoms with van der Waals surface area (Å²) in [4.78, 5) is 29.5. The summed E-state index contributed by atoms with van der Waals surface area (Å²) in [6.07, 6.45) is 2.98. The van der Waals surface area contributed by atoms with E-state index in [2.05, 4.69) is 15.4 Å². The molecule has 2 heterocycles. The zero-order valence-electron chi connectivity index (χ0n) is 12.9. The second-order valence-electron chi connectivity index (χ2n) is 4.80. The lowest BCUT2D eigenvalue weighted by Crippen LogP contribution is -2.35. The van der Waals surface area contributed by atoms with Gasteiger partial charge in [0, 0.05) is 20.3 Å². The van der Waals surface area contributed by atoms with E-state index in [0.29, 0.717) is 16.4 Å². The van der Waals surface area contributed by atoms with E-state index in [0.717, 1.165) is 0 Å². The molecular formula is C14H16ClN5O3. The Morgan fingerprint density at radius 3 is 2.78 bits per heavy atom. The smallest absolute Gasteiger partial charge is 0.261 e. The van der Waals surface area contributed by atoms with Gasteiger partial charge in [0.15, 0.2) is 0 Å². The van der Waals surface area contributed by atoms with Crippen LogP contribution < -0.4 is 10.1 Å². The third kappa shape index (κ3) is 4.19. The Labute approximate surface area is 138 Å². The number of nitrogens with one attached hydrogen (secondary N) is 1. The number of aromatic nitrogens is 3. The Morgan fingerprint density at radius 1 is 1.43 bits per heavy atom. The highest BCUT2D eigenvalue weighted by Crippen LogP contribution is 2.16. The SMILES string of the molecule is COc1nn(C)cc1C(=O)N(C)CC(=O)Nc1ccc(Cl)nc1. The molecule has 23 heavy (non-hydrogen) atoms. The number of carbonyl (C=O) groups excluding carboxylic acids is 2. The number of aryl methyl sites for hydroxylation is 1. The van der Waals surface area contributed by atoms with E-state index in [1.54, 1.807) is 25.4 Å². The fraction of sp³-hybridized carbons (Fsp3) is 0.286. The molecule has 0 unspecified atom stereocenters. The van der Waals surface area contributed by atoms with Gasteiger partial charge in [-0.2, -0.15) is 0 Å². The van der Waals surface area contributed by atoms with Gasteiger partial charge in [0.2, 0.25) is 11.8 Å². The minimum Gasteiger partial charge on any atom is -0.479 e. The minimum absolute atomic E-state index is 0.125. The molecule has 1 N–H and O–H groups in total.